The molecule has 2 aromatic heterocycles. The molecule has 2 N–H and O–H groups in total. The number of thiazole rings is 1. The number of rotatable bonds is 3. The standard InChI is InChI=1S/C27H28N6OS/c1-17-10-20(24-13-29-16-35-24)12-23-25(17)30-15-31-26(23)33-7-4-18-2-3-19(11-21(18)14-33)27(34)32-8-5-22(28)6-9-32/h2-3,10-13,15-16,22H,4-9,14,28H2,1H3. The average molecular weight is 485 g/mol. The third-order valence-electron chi connectivity index (χ3n) is 7.22. The van der Waals surface area contributed by atoms with Crippen LogP contribution in [0.4, 0.5) is 5.82 Å². The molecular formula is C27H28N6OS. The van der Waals surface area contributed by atoms with Crippen molar-refractivity contribution in [1.82, 2.24) is 19.9 Å². The van der Waals surface area contributed by atoms with Crippen LogP contribution in [0.2, 0.25) is 0 Å². The summed E-state index contributed by atoms with van der Waals surface area (Å²) >= 11 is 1.63. The van der Waals surface area contributed by atoms with E-state index < -0.39 is 0 Å². The molecule has 35 heavy (non-hydrogen) atoms. The number of piperidine rings is 1. The molecule has 4 aromatic rings. The fourth-order valence-corrected chi connectivity index (χ4v) is 5.85. The highest BCUT2D eigenvalue weighted by atomic mass is 32.1. The lowest BCUT2D eigenvalue weighted by atomic mass is 9.96. The van der Waals surface area contributed by atoms with E-state index in [1.807, 2.05) is 22.7 Å². The molecule has 0 spiro atoms. The van der Waals surface area contributed by atoms with Gasteiger partial charge in [-0.15, -0.1) is 11.3 Å². The Morgan fingerprint density at radius 3 is 2.74 bits per heavy atom. The highest BCUT2D eigenvalue weighted by Gasteiger charge is 2.25. The quantitative estimate of drug-likeness (QED) is 0.469. The largest absolute Gasteiger partial charge is 0.351 e. The van der Waals surface area contributed by atoms with Gasteiger partial charge in [-0.25, -0.2) is 9.97 Å². The topological polar surface area (TPSA) is 88.2 Å². The maximum Gasteiger partial charge on any atom is 0.253 e. The van der Waals surface area contributed by atoms with E-state index in [9.17, 15) is 4.79 Å². The van der Waals surface area contributed by atoms with Gasteiger partial charge in [0.1, 0.15) is 12.1 Å². The second-order valence-corrected chi connectivity index (χ2v) is 10.4. The molecule has 2 aromatic carbocycles. The van der Waals surface area contributed by atoms with Crippen LogP contribution in [0.1, 0.15) is 39.9 Å². The molecule has 0 radical (unpaired) electrons. The van der Waals surface area contributed by atoms with Gasteiger partial charge in [0.15, 0.2) is 0 Å². The summed E-state index contributed by atoms with van der Waals surface area (Å²) in [6.07, 6.45) is 6.22. The third-order valence-corrected chi connectivity index (χ3v) is 8.04. The van der Waals surface area contributed by atoms with Crippen LogP contribution in [0.15, 0.2) is 48.4 Å². The van der Waals surface area contributed by atoms with E-state index in [1.165, 1.54) is 11.1 Å². The van der Waals surface area contributed by atoms with Crippen molar-refractivity contribution in [3.05, 3.63) is 70.6 Å². The van der Waals surface area contributed by atoms with Crippen LogP contribution in [0, 0.1) is 6.92 Å². The number of hydrogen-bond donors (Lipinski definition) is 1. The van der Waals surface area contributed by atoms with Gasteiger partial charge < -0.3 is 15.5 Å². The zero-order valence-electron chi connectivity index (χ0n) is 19.8. The first-order valence-corrected chi connectivity index (χ1v) is 13.0. The summed E-state index contributed by atoms with van der Waals surface area (Å²) in [5.41, 5.74) is 14.4. The number of aromatic nitrogens is 3. The first-order valence-electron chi connectivity index (χ1n) is 12.1. The van der Waals surface area contributed by atoms with Crippen LogP contribution in [-0.2, 0) is 13.0 Å². The van der Waals surface area contributed by atoms with Gasteiger partial charge in [-0.1, -0.05) is 6.07 Å². The molecule has 6 rings (SSSR count). The van der Waals surface area contributed by atoms with Gasteiger partial charge in [-0.3, -0.25) is 9.78 Å². The zero-order valence-corrected chi connectivity index (χ0v) is 20.6. The SMILES string of the molecule is Cc1cc(-c2cncs2)cc2c(N3CCc4ccc(C(=O)N5CCC(N)CC5)cc4C3)ncnc12. The van der Waals surface area contributed by atoms with Crippen molar-refractivity contribution in [2.45, 2.75) is 38.8 Å². The minimum absolute atomic E-state index is 0.106. The Balaban J connectivity index is 1.32. The van der Waals surface area contributed by atoms with Gasteiger partial charge >= 0.3 is 0 Å². The van der Waals surface area contributed by atoms with Gasteiger partial charge in [-0.2, -0.15) is 0 Å². The van der Waals surface area contributed by atoms with Crippen LogP contribution in [0.3, 0.4) is 0 Å². The van der Waals surface area contributed by atoms with E-state index in [-0.39, 0.29) is 11.9 Å². The summed E-state index contributed by atoms with van der Waals surface area (Å²) in [5, 5.41) is 1.05. The summed E-state index contributed by atoms with van der Waals surface area (Å²) < 4.78 is 0. The number of carbonyl (C=O) groups is 1. The molecular weight excluding hydrogens is 456 g/mol. The van der Waals surface area contributed by atoms with E-state index in [0.717, 1.165) is 83.7 Å². The van der Waals surface area contributed by atoms with E-state index >= 15 is 0 Å². The fraction of sp³-hybridized carbons (Fsp3) is 0.333. The van der Waals surface area contributed by atoms with E-state index in [2.05, 4.69) is 46.1 Å². The Bertz CT molecular complexity index is 1390. The number of nitrogens with two attached hydrogens (primary N) is 1. The molecule has 2 aliphatic heterocycles. The number of benzene rings is 2. The highest BCUT2D eigenvalue weighted by Crippen LogP contribution is 2.34. The highest BCUT2D eigenvalue weighted by molar-refractivity contribution is 7.13. The Morgan fingerprint density at radius 2 is 1.94 bits per heavy atom. The van der Waals surface area contributed by atoms with Crippen LogP contribution < -0.4 is 10.6 Å². The van der Waals surface area contributed by atoms with E-state index in [4.69, 9.17) is 10.7 Å². The molecule has 0 saturated carbocycles. The molecule has 7 nitrogen and oxygen atoms in total. The van der Waals surface area contributed by atoms with Gasteiger partial charge in [-0.05, 0) is 72.7 Å². The molecule has 1 saturated heterocycles. The van der Waals surface area contributed by atoms with E-state index in [1.54, 1.807) is 17.7 Å². The molecule has 178 valence electrons. The summed E-state index contributed by atoms with van der Waals surface area (Å²) in [6.45, 7) is 5.16. The number of anilines is 1. The predicted molar refractivity (Wildman–Crippen MR) is 140 cm³/mol. The van der Waals surface area contributed by atoms with Crippen LogP contribution >= 0.6 is 11.3 Å². The predicted octanol–water partition coefficient (Wildman–Crippen LogP) is 4.19. The molecule has 1 amide bonds. The normalized spacial score (nSPS) is 16.5. The fourth-order valence-electron chi connectivity index (χ4n) is 5.24. The number of aryl methyl sites for hydroxylation is 1. The first kappa shape index (κ1) is 22.1. The Hall–Kier alpha value is -3.36. The third kappa shape index (κ3) is 4.17. The number of likely N-dealkylation sites (tertiary alicyclic amines) is 1. The van der Waals surface area contributed by atoms with Crippen molar-refractivity contribution in [2.24, 2.45) is 5.73 Å². The van der Waals surface area contributed by atoms with Crippen molar-refractivity contribution < 1.29 is 4.79 Å². The Morgan fingerprint density at radius 1 is 1.09 bits per heavy atom. The summed E-state index contributed by atoms with van der Waals surface area (Å²) in [4.78, 5) is 32.1. The minimum Gasteiger partial charge on any atom is -0.351 e. The van der Waals surface area contributed by atoms with Crippen molar-refractivity contribution in [2.75, 3.05) is 24.5 Å². The molecule has 0 aliphatic carbocycles. The summed E-state index contributed by atoms with van der Waals surface area (Å²) in [5.74, 6) is 1.05. The Kier molecular flexibility index (Phi) is 5.70. The Labute approximate surface area is 208 Å². The second-order valence-electron chi connectivity index (χ2n) is 9.54. The minimum atomic E-state index is 0.106. The summed E-state index contributed by atoms with van der Waals surface area (Å²) in [6, 6.07) is 10.7. The van der Waals surface area contributed by atoms with Gasteiger partial charge in [0, 0.05) is 49.4 Å². The lowest BCUT2D eigenvalue weighted by Gasteiger charge is -2.32. The average Bonchev–Trinajstić information content (AvgIpc) is 3.43. The lowest BCUT2D eigenvalue weighted by molar-refractivity contribution is 0.0714. The van der Waals surface area contributed by atoms with Gasteiger partial charge in [0.05, 0.1) is 15.9 Å². The monoisotopic (exact) mass is 484 g/mol. The number of hydrogen-bond acceptors (Lipinski definition) is 7. The molecule has 4 heterocycles. The van der Waals surface area contributed by atoms with Crippen LogP contribution in [-0.4, -0.2) is 51.4 Å². The maximum absolute atomic E-state index is 13.2. The van der Waals surface area contributed by atoms with Crippen molar-refractivity contribution >= 4 is 34.0 Å². The van der Waals surface area contributed by atoms with Gasteiger partial charge in [0.2, 0.25) is 0 Å². The van der Waals surface area contributed by atoms with Crippen molar-refractivity contribution in [3.63, 3.8) is 0 Å². The molecule has 0 unspecified atom stereocenters. The van der Waals surface area contributed by atoms with E-state index in [0.29, 0.717) is 0 Å². The van der Waals surface area contributed by atoms with Crippen LogP contribution in [0.5, 0.6) is 0 Å². The molecule has 1 fully saturated rings. The maximum atomic E-state index is 13.2. The molecule has 2 aliphatic rings. The van der Waals surface area contributed by atoms with Crippen LogP contribution in [0.25, 0.3) is 21.3 Å². The van der Waals surface area contributed by atoms with Gasteiger partial charge in [0.25, 0.3) is 5.91 Å². The molecule has 0 atom stereocenters. The van der Waals surface area contributed by atoms with Crippen molar-refractivity contribution in [1.29, 1.82) is 0 Å². The summed E-state index contributed by atoms with van der Waals surface area (Å²) in [7, 11) is 0. The van der Waals surface area contributed by atoms with Crippen molar-refractivity contribution in [3.8, 4) is 10.4 Å². The molecule has 8 heteroatoms. The second kappa shape index (κ2) is 9.02. The lowest BCUT2D eigenvalue weighted by Crippen LogP contribution is -2.43. The number of nitrogens with zero attached hydrogens (tertiary/aromatic N) is 5. The number of amides is 1. The number of carbonyl (C=O) groups excluding carboxylic acids is 1. The smallest absolute Gasteiger partial charge is 0.253 e. The number of fused-ring (bicyclic) bond motifs is 2. The zero-order chi connectivity index (χ0) is 23.9. The first-order chi connectivity index (χ1) is 17.1. The molecule has 0 bridgehead atoms.